The Labute approximate surface area is 254 Å². The Balaban J connectivity index is 2.63. The first-order valence-electron chi connectivity index (χ1n) is 14.9. The van der Waals surface area contributed by atoms with Crippen LogP contribution in [0.4, 0.5) is 0 Å². The molecule has 0 bridgehead atoms. The Morgan fingerprint density at radius 1 is 1.12 bits per heavy atom. The summed E-state index contributed by atoms with van der Waals surface area (Å²) in [5.41, 5.74) is 0. The third-order valence-electron chi connectivity index (χ3n) is 7.91. The minimum atomic E-state index is -1.33. The van der Waals surface area contributed by atoms with Gasteiger partial charge in [-0.05, 0) is 46.4 Å². The van der Waals surface area contributed by atoms with E-state index in [0.29, 0.717) is 12.7 Å². The molecule has 2 N–H and O–H groups in total. The van der Waals surface area contributed by atoms with Gasteiger partial charge in [-0.2, -0.15) is 0 Å². The van der Waals surface area contributed by atoms with Crippen LogP contribution in [0.3, 0.4) is 0 Å². The van der Waals surface area contributed by atoms with E-state index in [2.05, 4.69) is 0 Å². The van der Waals surface area contributed by atoms with Crippen molar-refractivity contribution in [1.82, 2.24) is 4.90 Å². The maximum Gasteiger partial charge on any atom is 0.309 e. The van der Waals surface area contributed by atoms with Gasteiger partial charge < -0.3 is 43.6 Å². The lowest BCUT2D eigenvalue weighted by molar-refractivity contribution is -0.309. The zero-order chi connectivity index (χ0) is 32.3. The van der Waals surface area contributed by atoms with Gasteiger partial charge in [-0.25, -0.2) is 0 Å². The van der Waals surface area contributed by atoms with E-state index in [1.165, 1.54) is 13.2 Å². The third kappa shape index (κ3) is 10.6. The van der Waals surface area contributed by atoms with Crippen molar-refractivity contribution in [2.75, 3.05) is 21.2 Å². The summed E-state index contributed by atoms with van der Waals surface area (Å²) in [6, 6.07) is -0.755. The fourth-order valence-corrected chi connectivity index (χ4v) is 5.53. The van der Waals surface area contributed by atoms with Gasteiger partial charge in [-0.15, -0.1) is 0 Å². The highest BCUT2D eigenvalue weighted by atomic mass is 16.7. The van der Waals surface area contributed by atoms with Crippen molar-refractivity contribution in [3.63, 3.8) is 0 Å². The molecule has 2 aliphatic rings. The van der Waals surface area contributed by atoms with Crippen LogP contribution in [0.5, 0.6) is 0 Å². The Kier molecular flexibility index (Phi) is 15.1. The van der Waals surface area contributed by atoms with Gasteiger partial charge >= 0.3 is 11.9 Å². The molecule has 0 aromatic carbocycles. The van der Waals surface area contributed by atoms with Gasteiger partial charge in [-0.3, -0.25) is 14.4 Å². The van der Waals surface area contributed by atoms with Crippen molar-refractivity contribution in [3.8, 4) is 0 Å². The van der Waals surface area contributed by atoms with Crippen LogP contribution in [-0.4, -0.2) is 115 Å². The van der Waals surface area contributed by atoms with Crippen molar-refractivity contribution in [2.24, 2.45) is 11.8 Å². The predicted octanol–water partition coefficient (Wildman–Crippen LogP) is 1.74. The van der Waals surface area contributed by atoms with Crippen molar-refractivity contribution in [2.45, 2.75) is 115 Å². The second-order valence-electron chi connectivity index (χ2n) is 11.6. The number of hydrogen-bond donors (Lipinski definition) is 2. The largest absolute Gasteiger partial charge is 0.462 e. The Morgan fingerprint density at radius 2 is 1.81 bits per heavy atom. The van der Waals surface area contributed by atoms with Crippen molar-refractivity contribution < 1.29 is 53.1 Å². The number of esters is 2. The summed E-state index contributed by atoms with van der Waals surface area (Å²) in [5, 5.41) is 22.0. The zero-order valence-corrected chi connectivity index (χ0v) is 26.3. The predicted molar refractivity (Wildman–Crippen MR) is 156 cm³/mol. The van der Waals surface area contributed by atoms with E-state index < -0.39 is 78.8 Å². The first kappa shape index (κ1) is 36.7. The van der Waals surface area contributed by atoms with Crippen LogP contribution in [0.25, 0.3) is 0 Å². The molecule has 2 rings (SSSR count). The molecule has 2 aliphatic heterocycles. The molecule has 0 aromatic rings. The SMILES string of the molecule is CCC(=O)OC1CC(=O)OC(C)CC=CC=CC(=O)C(C)CC(CC=O)C(OC2OC(C)C(O)C(N(C)C)C2O)C1OC. The molecule has 1 saturated heterocycles. The number of hydrogen-bond acceptors (Lipinski definition) is 12. The van der Waals surface area contributed by atoms with Gasteiger partial charge in [0.05, 0.1) is 30.8 Å². The highest BCUT2D eigenvalue weighted by Crippen LogP contribution is 2.33. The number of aliphatic hydroxyl groups excluding tert-OH is 2. The number of aldehydes is 1. The Bertz CT molecular complexity index is 983. The lowest BCUT2D eigenvalue weighted by atomic mass is 9.83. The molecule has 0 aliphatic carbocycles. The zero-order valence-electron chi connectivity index (χ0n) is 26.3. The standard InChI is InChI=1S/C31H49NO11/c1-8-24(35)42-23-17-25(36)40-19(3)12-10-9-11-13-22(34)18(2)16-21(14-15-33)29(30(23)39-7)43-31-28(38)26(32(5)6)27(37)20(4)41-31/h9-11,13,15,18-21,23,26-31,37-38H,8,12,14,16-17H2,1-7H3. The topological polar surface area (TPSA) is 158 Å². The minimum absolute atomic E-state index is 0.0225. The second-order valence-corrected chi connectivity index (χ2v) is 11.6. The van der Waals surface area contributed by atoms with Crippen LogP contribution in [0, 0.1) is 11.8 Å². The van der Waals surface area contributed by atoms with Gasteiger partial charge in [0.1, 0.15) is 30.7 Å². The monoisotopic (exact) mass is 611 g/mol. The molecule has 1 fully saturated rings. The van der Waals surface area contributed by atoms with Crippen LogP contribution in [0.15, 0.2) is 24.3 Å². The number of allylic oxidation sites excluding steroid dienone is 3. The maximum absolute atomic E-state index is 13.0. The van der Waals surface area contributed by atoms with Gasteiger partial charge in [-0.1, -0.05) is 32.1 Å². The number of carbonyl (C=O) groups is 4. The molecule has 0 amide bonds. The lowest BCUT2D eigenvalue weighted by Crippen LogP contribution is -2.63. The van der Waals surface area contributed by atoms with Crippen LogP contribution >= 0.6 is 0 Å². The van der Waals surface area contributed by atoms with E-state index in [1.54, 1.807) is 64.9 Å². The first-order valence-corrected chi connectivity index (χ1v) is 14.9. The molecule has 0 saturated carbocycles. The number of aliphatic hydroxyl groups is 2. The second kappa shape index (κ2) is 17.7. The number of methoxy groups -OCH3 is 1. The number of carbonyl (C=O) groups excluding carboxylic acids is 4. The molecule has 0 radical (unpaired) electrons. The summed E-state index contributed by atoms with van der Waals surface area (Å²) in [7, 11) is 4.76. The lowest BCUT2D eigenvalue weighted by Gasteiger charge is -2.46. The molecule has 11 unspecified atom stereocenters. The molecular weight excluding hydrogens is 562 g/mol. The minimum Gasteiger partial charge on any atom is -0.462 e. The Morgan fingerprint density at radius 3 is 2.42 bits per heavy atom. The van der Waals surface area contributed by atoms with E-state index in [-0.39, 0.29) is 31.5 Å². The van der Waals surface area contributed by atoms with Crippen molar-refractivity contribution >= 4 is 24.0 Å². The quantitative estimate of drug-likeness (QED) is 0.303. The summed E-state index contributed by atoms with van der Waals surface area (Å²) < 4.78 is 29.4. The normalized spacial score (nSPS) is 36.7. The van der Waals surface area contributed by atoms with Gasteiger partial charge in [0, 0.05) is 32.3 Å². The molecule has 0 aromatic heterocycles. The fraction of sp³-hybridized carbons (Fsp3) is 0.742. The summed E-state index contributed by atoms with van der Waals surface area (Å²) >= 11 is 0. The first-order chi connectivity index (χ1) is 20.3. The summed E-state index contributed by atoms with van der Waals surface area (Å²) in [6.45, 7) is 6.70. The number of likely N-dealkylation sites (N-methyl/N-ethyl adjacent to an activating group) is 1. The van der Waals surface area contributed by atoms with E-state index in [0.717, 1.165) is 0 Å². The van der Waals surface area contributed by atoms with Crippen LogP contribution in [-0.2, 0) is 42.9 Å². The number of nitrogens with zero attached hydrogens (tertiary/aromatic N) is 1. The summed E-state index contributed by atoms with van der Waals surface area (Å²) in [5.74, 6) is -2.63. The molecule has 244 valence electrons. The van der Waals surface area contributed by atoms with Crippen LogP contribution in [0.1, 0.15) is 59.8 Å². The summed E-state index contributed by atoms with van der Waals surface area (Å²) in [6.07, 6.45) is -0.952. The van der Waals surface area contributed by atoms with Gasteiger partial charge in [0.15, 0.2) is 12.1 Å². The fourth-order valence-electron chi connectivity index (χ4n) is 5.53. The van der Waals surface area contributed by atoms with E-state index >= 15 is 0 Å². The van der Waals surface area contributed by atoms with Crippen LogP contribution < -0.4 is 0 Å². The van der Waals surface area contributed by atoms with Crippen molar-refractivity contribution in [1.29, 1.82) is 0 Å². The van der Waals surface area contributed by atoms with Crippen LogP contribution in [0.2, 0.25) is 0 Å². The molecular formula is C31H49NO11. The Hall–Kier alpha value is -2.48. The highest BCUT2D eigenvalue weighted by Gasteiger charge is 2.48. The molecule has 43 heavy (non-hydrogen) atoms. The smallest absolute Gasteiger partial charge is 0.309 e. The summed E-state index contributed by atoms with van der Waals surface area (Å²) in [4.78, 5) is 52.2. The molecule has 2 heterocycles. The van der Waals surface area contributed by atoms with Crippen molar-refractivity contribution in [3.05, 3.63) is 24.3 Å². The number of ketones is 1. The van der Waals surface area contributed by atoms with E-state index in [9.17, 15) is 29.4 Å². The highest BCUT2D eigenvalue weighted by molar-refractivity contribution is 5.91. The number of rotatable bonds is 8. The molecule has 11 atom stereocenters. The molecule has 12 nitrogen and oxygen atoms in total. The average molecular weight is 612 g/mol. The third-order valence-corrected chi connectivity index (χ3v) is 7.91. The van der Waals surface area contributed by atoms with Gasteiger partial charge in [0.2, 0.25) is 0 Å². The molecule has 12 heteroatoms. The average Bonchev–Trinajstić information content (AvgIpc) is 2.94. The van der Waals surface area contributed by atoms with E-state index in [4.69, 9.17) is 23.7 Å². The molecule has 0 spiro atoms. The number of ether oxygens (including phenoxy) is 5. The van der Waals surface area contributed by atoms with Gasteiger partial charge in [0.25, 0.3) is 0 Å². The number of cyclic esters (lactones) is 1. The maximum atomic E-state index is 13.0. The van der Waals surface area contributed by atoms with E-state index in [1.807, 2.05) is 0 Å².